The van der Waals surface area contributed by atoms with Gasteiger partial charge in [0.05, 0.1) is 0 Å². The Balaban J connectivity index is 0.000000106. The molecule has 15 atom stereocenters. The number of rotatable bonds is 0. The Bertz CT molecular complexity index is 2190. The third kappa shape index (κ3) is 14.1. The van der Waals surface area contributed by atoms with Crippen LogP contribution >= 0.6 is 0 Å². The van der Waals surface area contributed by atoms with Crippen molar-refractivity contribution in [1.29, 1.82) is 0 Å². The van der Waals surface area contributed by atoms with Crippen LogP contribution in [-0.2, 0) is 0 Å². The maximum Gasteiger partial charge on any atom is 0.0303 e. The molecule has 17 fully saturated rings. The van der Waals surface area contributed by atoms with Crippen LogP contribution in [0.3, 0.4) is 0 Å². The zero-order valence-electron chi connectivity index (χ0n) is 61.9. The first-order chi connectivity index (χ1) is 40.9. The summed E-state index contributed by atoms with van der Waals surface area (Å²) in [7, 11) is 0. The van der Waals surface area contributed by atoms with E-state index in [9.17, 15) is 0 Å². The molecule has 80 heavy (non-hydrogen) atoms. The van der Waals surface area contributed by atoms with Crippen LogP contribution in [-0.4, -0.2) is 0 Å². The smallest absolute Gasteiger partial charge is 0.0303 e. The molecule has 0 nitrogen and oxygen atoms in total. The summed E-state index contributed by atoms with van der Waals surface area (Å²) < 4.78 is 57.1. The first-order valence-electron chi connectivity index (χ1n) is 40.9. The maximum absolute atomic E-state index is 8.46. The van der Waals surface area contributed by atoms with Crippen LogP contribution in [0.4, 0.5) is 0 Å². The van der Waals surface area contributed by atoms with Crippen LogP contribution in [0.5, 0.6) is 0 Å². The second-order valence-corrected chi connectivity index (χ2v) is 34.9. The molecule has 0 heterocycles. The Kier molecular flexibility index (Phi) is 18.0. The predicted octanol–water partition coefficient (Wildman–Crippen LogP) is 25.7. The highest BCUT2D eigenvalue weighted by atomic mass is 14.6. The van der Waals surface area contributed by atoms with E-state index in [0.717, 1.165) is 79.4 Å². The second-order valence-electron chi connectivity index (χ2n) is 34.9. The molecule has 8 unspecified atom stereocenters. The van der Waals surface area contributed by atoms with Gasteiger partial charge in [-0.15, -0.1) is 0 Å². The van der Waals surface area contributed by atoms with Gasteiger partial charge >= 0.3 is 0 Å². The minimum atomic E-state index is -0.113. The lowest BCUT2D eigenvalue weighted by atomic mass is 9.44. The van der Waals surface area contributed by atoms with E-state index in [-0.39, 0.29) is 41.3 Å². The summed E-state index contributed by atoms with van der Waals surface area (Å²) in [5.41, 5.74) is 3.80. The molecule has 17 aliphatic carbocycles. The fourth-order valence-corrected chi connectivity index (χ4v) is 25.2. The summed E-state index contributed by atoms with van der Waals surface area (Å²) in [5, 5.41) is 0. The van der Waals surface area contributed by atoms with Gasteiger partial charge in [-0.2, -0.15) is 0 Å². The molecule has 0 saturated heterocycles. The largest absolute Gasteiger partial charge is 0.0625 e. The summed E-state index contributed by atoms with van der Waals surface area (Å²) in [5.74, 6) is 6.89. The van der Waals surface area contributed by atoms with Gasteiger partial charge < -0.3 is 0 Å². The summed E-state index contributed by atoms with van der Waals surface area (Å²) in [6.45, 7) is 15.0. The summed E-state index contributed by atoms with van der Waals surface area (Å²) in [6, 6.07) is 0. The van der Waals surface area contributed by atoms with Crippen molar-refractivity contribution >= 4 is 0 Å². The Labute approximate surface area is 510 Å². The topological polar surface area (TPSA) is 0 Å². The maximum atomic E-state index is 8.46. The Morgan fingerprint density at radius 3 is 0.963 bits per heavy atom. The molecule has 17 saturated carbocycles. The monoisotopic (exact) mass is 1110 g/mol. The highest BCUT2D eigenvalue weighted by molar-refractivity contribution is 5.07. The van der Waals surface area contributed by atoms with E-state index in [4.69, 9.17) is 9.60 Å². The minimum absolute atomic E-state index is 0.0455. The molecule has 460 valence electrons. The zero-order valence-corrected chi connectivity index (χ0v) is 54.9. The van der Waals surface area contributed by atoms with Gasteiger partial charge in [0.2, 0.25) is 0 Å². The molecule has 17 aliphatic rings. The predicted molar refractivity (Wildman–Crippen MR) is 347 cm³/mol. The summed E-state index contributed by atoms with van der Waals surface area (Å²) >= 11 is 0. The summed E-state index contributed by atoms with van der Waals surface area (Å²) in [6.07, 6.45) is 71.1. The standard InChI is InChI=1S/C15H26.C12H20.C12H22.C11H18.C11H20.C10H18.C9H16/c1-13-6-11-14-7-2-4-9-15(14,12-13)10-5-3-8-14;1-8-6-9-7-12(8)11-5-3-2-4-10(9)11;1-11-6-5-9-12(10-11)7-3-2-4-8-12;1-7-5-8-6-11(7)10-4-2-3-9(8)10;1-10-5-8-11(9-10)6-3-2-4-7-11;1-9-4-7-10(8-9)5-2-3-6-10;1-8-3-6-9(7-8)4-2-5-9/h13H,2-12H2,1H3;8-12H,2-7H2,1H3;11H,2-10H2,1H3;7-11H,2-6H2,1H3;10H,2-9H2,1H3;9H,2-8H2,1H3;8H,2-7H2,1H3/t13-,14?,15?;8-,9?,10?,11?,12?;11-;7-,8?,9?,10?,11?;10-;9-;8-/m1111111/s1/i13D;8D;11D;7D;10D;9D;8D. The zero-order chi connectivity index (χ0) is 61.9. The average Bonchev–Trinajstić information content (AvgIpc) is 1.17. The van der Waals surface area contributed by atoms with Crippen LogP contribution in [0.15, 0.2) is 0 Å². The van der Waals surface area contributed by atoms with E-state index in [1.54, 1.807) is 0 Å². The molecule has 0 aromatic heterocycles. The average molecular weight is 1110 g/mol. The van der Waals surface area contributed by atoms with Gasteiger partial charge in [-0.25, -0.2) is 0 Å². The van der Waals surface area contributed by atoms with Crippen LogP contribution in [0, 0.1) is 121 Å². The highest BCUT2D eigenvalue weighted by Gasteiger charge is 2.56. The Morgan fingerprint density at radius 1 is 0.225 bits per heavy atom. The van der Waals surface area contributed by atoms with Gasteiger partial charge in [-0.1, -0.05) is 190 Å². The fourth-order valence-electron chi connectivity index (χ4n) is 25.2. The van der Waals surface area contributed by atoms with Crippen molar-refractivity contribution in [3.05, 3.63) is 0 Å². The van der Waals surface area contributed by atoms with E-state index in [2.05, 4.69) is 48.5 Å². The van der Waals surface area contributed by atoms with Gasteiger partial charge in [-0.3, -0.25) is 0 Å². The van der Waals surface area contributed by atoms with Crippen molar-refractivity contribution < 1.29 is 9.60 Å². The van der Waals surface area contributed by atoms with E-state index < -0.39 is 0 Å². The molecule has 0 amide bonds. The molecule has 0 aliphatic heterocycles. The van der Waals surface area contributed by atoms with Gasteiger partial charge in [0.15, 0.2) is 0 Å². The van der Waals surface area contributed by atoms with Gasteiger partial charge in [-0.05, 0) is 314 Å². The number of hydrogen-bond acceptors (Lipinski definition) is 0. The SMILES string of the molecule is [2H][C@@]1(C)CC2CC1C1CCCC21.[2H][C@@]1(C)CC2CC1C1CCCCC21.[2H][C@@]1(C)CCC2(CCC2)C1.[2H][C@@]1(C)CCC2(CCCC2)C1.[2H][C@@]1(C)CCC2(CCCCC2)C1.[2H][C@@]1(C)CCC23CCCCC2(CCCC3)C1.[2H][C@@]1(C)CCCC2(CCCCC2)C1. The van der Waals surface area contributed by atoms with E-state index in [0.29, 0.717) is 32.5 Å². The number of hydrogen-bond donors (Lipinski definition) is 0. The van der Waals surface area contributed by atoms with Gasteiger partial charge in [0, 0.05) is 9.60 Å². The first-order valence-corrected chi connectivity index (χ1v) is 37.4. The van der Waals surface area contributed by atoms with Gasteiger partial charge in [0.1, 0.15) is 0 Å². The molecule has 0 N–H and O–H groups in total. The molecular formula is C80H140. The normalized spacial score (nSPS) is 53.4. The molecule has 0 heteroatoms. The van der Waals surface area contributed by atoms with Gasteiger partial charge in [0.25, 0.3) is 0 Å². The number of fused-ring (bicyclic) bond motifs is 10. The molecule has 0 aromatic rings. The fraction of sp³-hybridized carbons (Fsp3) is 1.00. The van der Waals surface area contributed by atoms with E-state index in [1.807, 2.05) is 0 Å². The van der Waals surface area contributed by atoms with Crippen molar-refractivity contribution in [2.75, 3.05) is 0 Å². The molecule has 4 bridgehead atoms. The second kappa shape index (κ2) is 27.2. The molecule has 4 spiro atoms. The van der Waals surface area contributed by atoms with Crippen molar-refractivity contribution in [1.82, 2.24) is 0 Å². The van der Waals surface area contributed by atoms with Crippen LogP contribution in [0.1, 0.15) is 392 Å². The van der Waals surface area contributed by atoms with Crippen molar-refractivity contribution in [2.45, 2.75) is 382 Å². The first kappa shape index (κ1) is 53.1. The lowest BCUT2D eigenvalue weighted by molar-refractivity contribution is -0.105. The minimum Gasteiger partial charge on any atom is -0.0625 e. The third-order valence-electron chi connectivity index (χ3n) is 29.4. The van der Waals surface area contributed by atoms with Crippen molar-refractivity contribution in [3.8, 4) is 0 Å². The van der Waals surface area contributed by atoms with E-state index >= 15 is 0 Å². The highest BCUT2D eigenvalue weighted by Crippen LogP contribution is 2.67. The Hall–Kier alpha value is 0. The lowest BCUT2D eigenvalue weighted by Gasteiger charge is -2.61. The Morgan fingerprint density at radius 2 is 0.550 bits per heavy atom. The molecule has 17 rings (SSSR count). The van der Waals surface area contributed by atoms with Crippen molar-refractivity contribution in [2.24, 2.45) is 121 Å². The summed E-state index contributed by atoms with van der Waals surface area (Å²) in [4.78, 5) is 0. The quantitative estimate of drug-likeness (QED) is 0.227. The van der Waals surface area contributed by atoms with Crippen LogP contribution < -0.4 is 0 Å². The lowest BCUT2D eigenvalue weighted by Crippen LogP contribution is -2.50. The van der Waals surface area contributed by atoms with Crippen LogP contribution in [0.25, 0.3) is 0 Å². The molecular weight excluding hydrogens is 961 g/mol. The molecule has 0 radical (unpaired) electrons. The van der Waals surface area contributed by atoms with Crippen LogP contribution in [0.2, 0.25) is 0 Å². The third-order valence-corrected chi connectivity index (χ3v) is 29.4. The molecule has 0 aromatic carbocycles. The van der Waals surface area contributed by atoms with E-state index in [1.165, 1.54) is 302 Å². The van der Waals surface area contributed by atoms with Crippen molar-refractivity contribution in [3.63, 3.8) is 0 Å².